The summed E-state index contributed by atoms with van der Waals surface area (Å²) >= 11 is 0. The van der Waals surface area contributed by atoms with Gasteiger partial charge >= 0.3 is 5.63 Å². The van der Waals surface area contributed by atoms with Gasteiger partial charge < -0.3 is 8.94 Å². The third kappa shape index (κ3) is 3.05. The molecule has 1 unspecified atom stereocenters. The summed E-state index contributed by atoms with van der Waals surface area (Å²) < 4.78 is 10.3. The summed E-state index contributed by atoms with van der Waals surface area (Å²) in [6.07, 6.45) is 1.57. The van der Waals surface area contributed by atoms with Crippen LogP contribution in [0.2, 0.25) is 0 Å². The molecule has 2 heterocycles. The fourth-order valence-electron chi connectivity index (χ4n) is 2.68. The molecule has 0 saturated carbocycles. The molecule has 0 saturated heterocycles. The number of nitrogens with zero attached hydrogens (tertiary/aromatic N) is 2. The Morgan fingerprint density at radius 1 is 1.22 bits per heavy atom. The van der Waals surface area contributed by atoms with E-state index in [-0.39, 0.29) is 11.7 Å². The van der Waals surface area contributed by atoms with Crippen LogP contribution in [0.25, 0.3) is 11.0 Å². The minimum Gasteiger partial charge on any atom is -0.423 e. The van der Waals surface area contributed by atoms with Crippen LogP contribution in [0.4, 0.5) is 0 Å². The van der Waals surface area contributed by atoms with Crippen molar-refractivity contribution in [2.24, 2.45) is 0 Å². The monoisotopic (exact) mass is 312 g/mol. The van der Waals surface area contributed by atoms with E-state index in [2.05, 4.69) is 30.0 Å². The van der Waals surface area contributed by atoms with E-state index in [9.17, 15) is 4.79 Å². The maximum absolute atomic E-state index is 11.9. The smallest absolute Gasteiger partial charge is 0.336 e. The number of benzene rings is 1. The molecule has 2 aromatic heterocycles. The Balaban J connectivity index is 1.99. The molecule has 3 aromatic rings. The Bertz CT molecular complexity index is 881. The van der Waals surface area contributed by atoms with E-state index in [1.54, 1.807) is 12.3 Å². The van der Waals surface area contributed by atoms with Gasteiger partial charge in [0, 0.05) is 24.1 Å². The van der Waals surface area contributed by atoms with E-state index >= 15 is 0 Å². The first-order valence-electron chi connectivity index (χ1n) is 7.60. The normalized spacial score (nSPS) is 12.9. The zero-order valence-electron chi connectivity index (χ0n) is 13.8. The van der Waals surface area contributed by atoms with E-state index in [1.807, 2.05) is 26.1 Å². The minimum absolute atomic E-state index is 0.0857. The second kappa shape index (κ2) is 6.01. The minimum atomic E-state index is -0.321. The van der Waals surface area contributed by atoms with E-state index in [0.29, 0.717) is 12.1 Å². The lowest BCUT2D eigenvalue weighted by molar-refractivity contribution is 0.241. The zero-order valence-corrected chi connectivity index (χ0v) is 13.8. The van der Waals surface area contributed by atoms with Gasteiger partial charge in [-0.2, -0.15) is 0 Å². The van der Waals surface area contributed by atoms with Crippen molar-refractivity contribution in [3.8, 4) is 0 Å². The van der Waals surface area contributed by atoms with Gasteiger partial charge in [0.2, 0.25) is 0 Å². The van der Waals surface area contributed by atoms with Crippen LogP contribution >= 0.6 is 0 Å². The molecule has 0 radical (unpaired) electrons. The maximum atomic E-state index is 11.9. The van der Waals surface area contributed by atoms with Gasteiger partial charge in [-0.1, -0.05) is 5.16 Å². The highest BCUT2D eigenvalue weighted by Crippen LogP contribution is 2.25. The average Bonchev–Trinajstić information content (AvgIpc) is 3.02. The molecule has 23 heavy (non-hydrogen) atoms. The van der Waals surface area contributed by atoms with Gasteiger partial charge in [-0.15, -0.1) is 0 Å². The summed E-state index contributed by atoms with van der Waals surface area (Å²) in [7, 11) is 2.00. The first-order valence-corrected chi connectivity index (χ1v) is 7.60. The number of aromatic nitrogens is 1. The molecule has 0 aliphatic carbocycles. The fraction of sp³-hybridized carbons (Fsp3) is 0.333. The summed E-state index contributed by atoms with van der Waals surface area (Å²) in [4.78, 5) is 14.0. The quantitative estimate of drug-likeness (QED) is 0.689. The van der Waals surface area contributed by atoms with Gasteiger partial charge in [-0.05, 0) is 56.6 Å². The molecule has 1 aromatic carbocycles. The standard InChI is InChI=1S/C18H20N2O3/c1-11-7-15-14(9-18(21)23-17(15)8-12(11)2)10-20(4)13(3)16-5-6-22-19-16/h5-9,13H,10H2,1-4H3. The molecule has 0 fully saturated rings. The number of hydrogen-bond donors (Lipinski definition) is 0. The van der Waals surface area contributed by atoms with Gasteiger partial charge in [0.05, 0.1) is 6.04 Å². The van der Waals surface area contributed by atoms with E-state index < -0.39 is 0 Å². The largest absolute Gasteiger partial charge is 0.423 e. The van der Waals surface area contributed by atoms with E-state index in [4.69, 9.17) is 8.94 Å². The van der Waals surface area contributed by atoms with Crippen molar-refractivity contribution in [3.63, 3.8) is 0 Å². The third-order valence-corrected chi connectivity index (χ3v) is 4.41. The Hall–Kier alpha value is -2.40. The van der Waals surface area contributed by atoms with Crippen LogP contribution in [0.3, 0.4) is 0 Å². The molecule has 0 aliphatic rings. The van der Waals surface area contributed by atoms with Gasteiger partial charge in [0.1, 0.15) is 17.5 Å². The van der Waals surface area contributed by atoms with Crippen molar-refractivity contribution < 1.29 is 8.94 Å². The van der Waals surface area contributed by atoms with Crippen LogP contribution in [-0.2, 0) is 6.54 Å². The van der Waals surface area contributed by atoms with Crippen LogP contribution in [0.1, 0.15) is 35.3 Å². The van der Waals surface area contributed by atoms with E-state index in [0.717, 1.165) is 22.2 Å². The molecular formula is C18H20N2O3. The van der Waals surface area contributed by atoms with Crippen molar-refractivity contribution in [3.05, 3.63) is 63.3 Å². The fourth-order valence-corrected chi connectivity index (χ4v) is 2.68. The van der Waals surface area contributed by atoms with Gasteiger partial charge in [0.25, 0.3) is 0 Å². The predicted molar refractivity (Wildman–Crippen MR) is 88.3 cm³/mol. The van der Waals surface area contributed by atoms with Crippen LogP contribution in [0.5, 0.6) is 0 Å². The number of hydrogen-bond acceptors (Lipinski definition) is 5. The Morgan fingerprint density at radius 2 is 1.96 bits per heavy atom. The topological polar surface area (TPSA) is 59.5 Å². The molecule has 3 rings (SSSR count). The van der Waals surface area contributed by atoms with Crippen LogP contribution < -0.4 is 5.63 Å². The molecule has 1 atom stereocenters. The highest BCUT2D eigenvalue weighted by molar-refractivity contribution is 5.81. The summed E-state index contributed by atoms with van der Waals surface area (Å²) in [5.74, 6) is 0. The molecule has 120 valence electrons. The first kappa shape index (κ1) is 15.5. The molecule has 0 spiro atoms. The maximum Gasteiger partial charge on any atom is 0.336 e. The Labute approximate surface area is 134 Å². The zero-order chi connectivity index (χ0) is 16.6. The van der Waals surface area contributed by atoms with Crippen molar-refractivity contribution >= 4 is 11.0 Å². The number of aryl methyl sites for hydroxylation is 2. The van der Waals surface area contributed by atoms with Gasteiger partial charge in [-0.25, -0.2) is 4.79 Å². The van der Waals surface area contributed by atoms with Crippen LogP contribution in [0, 0.1) is 13.8 Å². The predicted octanol–water partition coefficient (Wildman–Crippen LogP) is 3.59. The van der Waals surface area contributed by atoms with Gasteiger partial charge in [-0.3, -0.25) is 4.90 Å². The van der Waals surface area contributed by atoms with Gasteiger partial charge in [0.15, 0.2) is 0 Å². The average molecular weight is 312 g/mol. The summed E-state index contributed by atoms with van der Waals surface area (Å²) in [6.45, 7) is 6.76. The lowest BCUT2D eigenvalue weighted by atomic mass is 10.0. The van der Waals surface area contributed by atoms with Crippen LogP contribution in [-0.4, -0.2) is 17.1 Å². The van der Waals surface area contributed by atoms with Crippen molar-refractivity contribution in [2.75, 3.05) is 7.05 Å². The summed E-state index contributed by atoms with van der Waals surface area (Å²) in [5, 5.41) is 4.97. The lowest BCUT2D eigenvalue weighted by Crippen LogP contribution is -2.23. The molecule has 5 nitrogen and oxygen atoms in total. The molecule has 0 amide bonds. The molecule has 0 N–H and O–H groups in total. The second-order valence-corrected chi connectivity index (χ2v) is 6.04. The lowest BCUT2D eigenvalue weighted by Gasteiger charge is -2.23. The highest BCUT2D eigenvalue weighted by Gasteiger charge is 2.17. The summed E-state index contributed by atoms with van der Waals surface area (Å²) in [5.41, 5.74) is 4.43. The molecule has 0 aliphatic heterocycles. The SMILES string of the molecule is Cc1cc2oc(=O)cc(CN(C)C(C)c3ccon3)c2cc1C. The summed E-state index contributed by atoms with van der Waals surface area (Å²) in [6, 6.07) is 7.52. The second-order valence-electron chi connectivity index (χ2n) is 6.04. The molecule has 0 bridgehead atoms. The van der Waals surface area contributed by atoms with Crippen molar-refractivity contribution in [2.45, 2.75) is 33.4 Å². The third-order valence-electron chi connectivity index (χ3n) is 4.41. The van der Waals surface area contributed by atoms with Crippen LogP contribution in [0.15, 0.2) is 44.3 Å². The molecule has 5 heteroatoms. The molecular weight excluding hydrogens is 292 g/mol. The Morgan fingerprint density at radius 3 is 2.65 bits per heavy atom. The van der Waals surface area contributed by atoms with E-state index in [1.165, 1.54) is 5.56 Å². The van der Waals surface area contributed by atoms with Crippen molar-refractivity contribution in [1.29, 1.82) is 0 Å². The number of fused-ring (bicyclic) bond motifs is 1. The number of rotatable bonds is 4. The first-order chi connectivity index (χ1) is 11.0. The highest BCUT2D eigenvalue weighted by atomic mass is 16.5. The van der Waals surface area contributed by atoms with Crippen molar-refractivity contribution in [1.82, 2.24) is 10.1 Å². The Kier molecular flexibility index (Phi) is 4.05.